The van der Waals surface area contributed by atoms with Crippen molar-refractivity contribution in [1.29, 1.82) is 0 Å². The number of ether oxygens (including phenoxy) is 1. The van der Waals surface area contributed by atoms with Crippen molar-refractivity contribution in [2.45, 2.75) is 9.92 Å². The molecule has 1 aliphatic heterocycles. The molecule has 0 unspecified atom stereocenters. The highest BCUT2D eigenvalue weighted by Crippen LogP contribution is 2.36. The van der Waals surface area contributed by atoms with Crippen LogP contribution in [0, 0.1) is 5.82 Å². The molecule has 3 aromatic carbocycles. The molecule has 0 spiro atoms. The molecule has 0 saturated carbocycles. The van der Waals surface area contributed by atoms with E-state index in [4.69, 9.17) is 20.8 Å². The molecule has 0 radical (unpaired) electrons. The Kier molecular flexibility index (Phi) is 6.59. The van der Waals surface area contributed by atoms with Crippen LogP contribution in [0.1, 0.15) is 0 Å². The van der Waals surface area contributed by atoms with Crippen molar-refractivity contribution in [3.05, 3.63) is 83.6 Å². The number of piperazine rings is 1. The summed E-state index contributed by atoms with van der Waals surface area (Å²) in [6, 6.07) is 19.3. The van der Waals surface area contributed by atoms with E-state index in [2.05, 4.69) is 9.88 Å². The normalized spacial score (nSPS) is 14.2. The lowest BCUT2D eigenvalue weighted by Crippen LogP contribution is -2.46. The number of benzene rings is 3. The van der Waals surface area contributed by atoms with Crippen LogP contribution in [0.25, 0.3) is 11.5 Å². The predicted molar refractivity (Wildman–Crippen MR) is 136 cm³/mol. The summed E-state index contributed by atoms with van der Waals surface area (Å²) in [5.74, 6) is 0.646. The molecule has 1 aliphatic rings. The molecule has 0 bridgehead atoms. The lowest BCUT2D eigenvalue weighted by molar-refractivity contribution is 0.415. The molecule has 4 aromatic rings. The highest BCUT2D eigenvalue weighted by molar-refractivity contribution is 7.91. The van der Waals surface area contributed by atoms with Crippen molar-refractivity contribution in [2.24, 2.45) is 0 Å². The van der Waals surface area contributed by atoms with Crippen LogP contribution in [0.5, 0.6) is 5.75 Å². The maximum absolute atomic E-state index is 13.6. The van der Waals surface area contributed by atoms with E-state index >= 15 is 0 Å². The fraction of sp³-hybridized carbons (Fsp3) is 0.192. The fourth-order valence-corrected chi connectivity index (χ4v) is 5.52. The van der Waals surface area contributed by atoms with Crippen molar-refractivity contribution in [3.63, 3.8) is 0 Å². The van der Waals surface area contributed by atoms with Gasteiger partial charge in [-0.1, -0.05) is 11.6 Å². The van der Waals surface area contributed by atoms with Gasteiger partial charge in [-0.3, -0.25) is 0 Å². The van der Waals surface area contributed by atoms with E-state index in [0.717, 1.165) is 11.4 Å². The summed E-state index contributed by atoms with van der Waals surface area (Å²) >= 11 is 5.96. The predicted octanol–water partition coefficient (Wildman–Crippen LogP) is 5.30. The van der Waals surface area contributed by atoms with Gasteiger partial charge < -0.3 is 19.0 Å². The molecule has 7 nitrogen and oxygen atoms in total. The summed E-state index contributed by atoms with van der Waals surface area (Å²) in [7, 11) is -2.39. The Balaban J connectivity index is 1.48. The van der Waals surface area contributed by atoms with Gasteiger partial charge in [0.15, 0.2) is 0 Å². The third-order valence-corrected chi connectivity index (χ3v) is 7.97. The third kappa shape index (κ3) is 4.76. The first-order valence-electron chi connectivity index (χ1n) is 11.3. The monoisotopic (exact) mass is 527 g/mol. The maximum Gasteiger partial charge on any atom is 0.236 e. The van der Waals surface area contributed by atoms with Gasteiger partial charge in [-0.2, -0.15) is 4.98 Å². The number of hydrogen-bond acceptors (Lipinski definition) is 7. The Labute approximate surface area is 213 Å². The number of nitrogens with zero attached hydrogens (tertiary/aromatic N) is 3. The van der Waals surface area contributed by atoms with Crippen molar-refractivity contribution in [2.75, 3.05) is 43.1 Å². The summed E-state index contributed by atoms with van der Waals surface area (Å²) in [5.41, 5.74) is 1.53. The quantitative estimate of drug-likeness (QED) is 0.336. The highest BCUT2D eigenvalue weighted by atomic mass is 35.5. The van der Waals surface area contributed by atoms with E-state index in [9.17, 15) is 12.8 Å². The van der Waals surface area contributed by atoms with Gasteiger partial charge >= 0.3 is 0 Å². The first kappa shape index (κ1) is 24.1. The number of oxazole rings is 1. The molecule has 0 atom stereocenters. The van der Waals surface area contributed by atoms with Crippen LogP contribution >= 0.6 is 11.6 Å². The Bertz CT molecular complexity index is 1450. The minimum atomic E-state index is -4.01. The van der Waals surface area contributed by atoms with Crippen molar-refractivity contribution in [3.8, 4) is 17.2 Å². The van der Waals surface area contributed by atoms with Gasteiger partial charge in [-0.25, -0.2) is 12.8 Å². The van der Waals surface area contributed by atoms with E-state index in [0.29, 0.717) is 36.8 Å². The molecule has 0 N–H and O–H groups in total. The number of rotatable bonds is 6. The van der Waals surface area contributed by atoms with Crippen molar-refractivity contribution < 1.29 is 22.0 Å². The number of aromatic nitrogens is 1. The zero-order valence-electron chi connectivity index (χ0n) is 19.4. The summed E-state index contributed by atoms with van der Waals surface area (Å²) in [6.45, 7) is 2.35. The van der Waals surface area contributed by atoms with Gasteiger partial charge in [0, 0.05) is 42.5 Å². The van der Waals surface area contributed by atoms with Crippen LogP contribution in [0.4, 0.5) is 16.0 Å². The molecular formula is C26H23ClFN3O4S. The van der Waals surface area contributed by atoms with Crippen molar-refractivity contribution >= 4 is 33.0 Å². The van der Waals surface area contributed by atoms with Gasteiger partial charge in [0.05, 0.1) is 12.0 Å². The molecular weight excluding hydrogens is 505 g/mol. The van der Waals surface area contributed by atoms with Crippen LogP contribution in [0.15, 0.2) is 87.1 Å². The molecule has 36 heavy (non-hydrogen) atoms. The minimum Gasteiger partial charge on any atom is -0.497 e. The summed E-state index contributed by atoms with van der Waals surface area (Å²) in [5, 5.41) is 0.248. The molecule has 0 aliphatic carbocycles. The zero-order valence-corrected chi connectivity index (χ0v) is 21.0. The summed E-state index contributed by atoms with van der Waals surface area (Å²) < 4.78 is 51.9. The number of halogens is 2. The molecule has 1 saturated heterocycles. The van der Waals surface area contributed by atoms with E-state index in [1.165, 1.54) is 48.5 Å². The van der Waals surface area contributed by atoms with Crippen LogP contribution < -0.4 is 14.5 Å². The SMILES string of the molecule is COc1ccc(N2CCN(c3oc(-c4ccc(F)cc4)nc3S(=O)(=O)c3ccc(Cl)cc3)CC2)cc1. The molecule has 0 amide bonds. The first-order valence-corrected chi connectivity index (χ1v) is 13.1. The standard InChI is InChI=1S/C26H23ClFN3O4S/c1-34-22-10-8-21(9-11-22)30-14-16-31(17-15-30)26-25(36(32,33)23-12-4-19(27)5-13-23)29-24(35-26)18-2-6-20(28)7-3-18/h2-13H,14-17H2,1H3. The molecule has 186 valence electrons. The lowest BCUT2D eigenvalue weighted by atomic mass is 10.2. The van der Waals surface area contributed by atoms with E-state index in [1.807, 2.05) is 29.2 Å². The topological polar surface area (TPSA) is 75.9 Å². The minimum absolute atomic E-state index is 0.0592. The van der Waals surface area contributed by atoms with Gasteiger partial charge in [0.2, 0.25) is 26.6 Å². The second kappa shape index (κ2) is 9.83. The van der Waals surface area contributed by atoms with Crippen LogP contribution in [-0.2, 0) is 9.84 Å². The van der Waals surface area contributed by atoms with Crippen LogP contribution in [-0.4, -0.2) is 46.7 Å². The Morgan fingerprint density at radius 2 is 1.50 bits per heavy atom. The van der Waals surface area contributed by atoms with Gasteiger partial charge in [0.1, 0.15) is 11.6 Å². The van der Waals surface area contributed by atoms with Crippen LogP contribution in [0.3, 0.4) is 0 Å². The Morgan fingerprint density at radius 1 is 0.889 bits per heavy atom. The van der Waals surface area contributed by atoms with Gasteiger partial charge in [0.25, 0.3) is 0 Å². The number of hydrogen-bond donors (Lipinski definition) is 0. The number of sulfone groups is 1. The average Bonchev–Trinajstić information content (AvgIpc) is 3.36. The zero-order chi connectivity index (χ0) is 25.3. The van der Waals surface area contributed by atoms with E-state index < -0.39 is 15.7 Å². The number of methoxy groups -OCH3 is 1. The molecule has 5 rings (SSSR count). The second-order valence-corrected chi connectivity index (χ2v) is 10.6. The smallest absolute Gasteiger partial charge is 0.236 e. The third-order valence-electron chi connectivity index (χ3n) is 6.05. The van der Waals surface area contributed by atoms with Gasteiger partial charge in [-0.15, -0.1) is 0 Å². The second-order valence-electron chi connectivity index (χ2n) is 8.27. The molecule has 2 heterocycles. The van der Waals surface area contributed by atoms with Crippen molar-refractivity contribution in [1.82, 2.24) is 4.98 Å². The largest absolute Gasteiger partial charge is 0.497 e. The van der Waals surface area contributed by atoms with E-state index in [-0.39, 0.29) is 21.7 Å². The maximum atomic E-state index is 13.6. The molecule has 1 fully saturated rings. The fourth-order valence-electron chi connectivity index (χ4n) is 4.08. The Morgan fingerprint density at radius 3 is 2.11 bits per heavy atom. The number of anilines is 2. The first-order chi connectivity index (χ1) is 17.3. The van der Waals surface area contributed by atoms with Gasteiger partial charge in [-0.05, 0) is 72.8 Å². The molecule has 10 heteroatoms. The summed E-state index contributed by atoms with van der Waals surface area (Å²) in [4.78, 5) is 8.52. The average molecular weight is 528 g/mol. The van der Waals surface area contributed by atoms with Crippen LogP contribution in [0.2, 0.25) is 5.02 Å². The highest BCUT2D eigenvalue weighted by Gasteiger charge is 2.33. The molecule has 1 aromatic heterocycles. The lowest BCUT2D eigenvalue weighted by Gasteiger charge is -2.36. The Hall–Kier alpha value is -3.56. The summed E-state index contributed by atoms with van der Waals surface area (Å²) in [6.07, 6.45) is 0. The van der Waals surface area contributed by atoms with E-state index in [1.54, 1.807) is 7.11 Å².